The van der Waals surface area contributed by atoms with Crippen molar-refractivity contribution >= 4 is 22.7 Å². The molecule has 0 bridgehead atoms. The molecule has 0 aliphatic rings. The van der Waals surface area contributed by atoms with Gasteiger partial charge in [0.15, 0.2) is 0 Å². The fourth-order valence-electron chi connectivity index (χ4n) is 2.09. The van der Waals surface area contributed by atoms with Crippen LogP contribution in [0.3, 0.4) is 0 Å². The summed E-state index contributed by atoms with van der Waals surface area (Å²) in [6, 6.07) is 8.98. The van der Waals surface area contributed by atoms with Crippen LogP contribution in [0.5, 0.6) is 0 Å². The van der Waals surface area contributed by atoms with E-state index in [2.05, 4.69) is 40.3 Å². The van der Waals surface area contributed by atoms with Crippen molar-refractivity contribution in [3.8, 4) is 0 Å². The standard InChI is InChI=1S/C15H21NOS2/c17-10-4-2-1-3-9-16-15(13-7-5-11-18-13)14-8-6-12-19-14/h5-8,11-12,15-17H,1-4,9-10H2. The summed E-state index contributed by atoms with van der Waals surface area (Å²) in [5.74, 6) is 0. The Labute approximate surface area is 123 Å². The number of thiophene rings is 2. The van der Waals surface area contributed by atoms with Crippen LogP contribution < -0.4 is 5.32 Å². The number of hydrogen-bond acceptors (Lipinski definition) is 4. The van der Waals surface area contributed by atoms with E-state index in [1.54, 1.807) is 0 Å². The topological polar surface area (TPSA) is 32.3 Å². The summed E-state index contributed by atoms with van der Waals surface area (Å²) in [4.78, 5) is 2.77. The van der Waals surface area contributed by atoms with E-state index in [9.17, 15) is 0 Å². The first-order chi connectivity index (χ1) is 9.42. The number of rotatable bonds is 9. The van der Waals surface area contributed by atoms with Crippen molar-refractivity contribution in [3.63, 3.8) is 0 Å². The van der Waals surface area contributed by atoms with Crippen LogP contribution in [0.15, 0.2) is 35.0 Å². The molecule has 0 atom stereocenters. The van der Waals surface area contributed by atoms with Crippen molar-refractivity contribution in [2.24, 2.45) is 0 Å². The van der Waals surface area contributed by atoms with Gasteiger partial charge < -0.3 is 10.4 Å². The molecule has 2 rings (SSSR count). The highest BCUT2D eigenvalue weighted by Gasteiger charge is 2.14. The van der Waals surface area contributed by atoms with Crippen molar-refractivity contribution in [2.45, 2.75) is 31.7 Å². The average molecular weight is 295 g/mol. The number of nitrogens with one attached hydrogen (secondary N) is 1. The van der Waals surface area contributed by atoms with E-state index in [0.717, 1.165) is 19.4 Å². The molecule has 2 nitrogen and oxygen atoms in total. The summed E-state index contributed by atoms with van der Waals surface area (Å²) in [6.45, 7) is 1.35. The first-order valence-corrected chi connectivity index (χ1v) is 8.59. The summed E-state index contributed by atoms with van der Waals surface area (Å²) in [7, 11) is 0. The Balaban J connectivity index is 1.82. The van der Waals surface area contributed by atoms with Crippen LogP contribution in [0.1, 0.15) is 41.5 Å². The number of aliphatic hydroxyl groups excluding tert-OH is 1. The molecule has 0 fully saturated rings. The maximum absolute atomic E-state index is 8.75. The van der Waals surface area contributed by atoms with E-state index >= 15 is 0 Å². The Bertz CT molecular complexity index is 391. The summed E-state index contributed by atoms with van der Waals surface area (Å²) in [6.07, 6.45) is 4.42. The van der Waals surface area contributed by atoms with E-state index in [-0.39, 0.29) is 0 Å². The molecule has 0 saturated heterocycles. The molecule has 0 amide bonds. The molecule has 0 aromatic carbocycles. The van der Waals surface area contributed by atoms with Gasteiger partial charge in [0.1, 0.15) is 0 Å². The van der Waals surface area contributed by atoms with Gasteiger partial charge in [0.2, 0.25) is 0 Å². The minimum Gasteiger partial charge on any atom is -0.396 e. The average Bonchev–Trinajstić information content (AvgIpc) is 3.11. The highest BCUT2D eigenvalue weighted by atomic mass is 32.1. The smallest absolute Gasteiger partial charge is 0.0764 e. The van der Waals surface area contributed by atoms with Crippen LogP contribution in [0, 0.1) is 0 Å². The molecule has 2 N–H and O–H groups in total. The third-order valence-corrected chi connectivity index (χ3v) is 4.96. The lowest BCUT2D eigenvalue weighted by Gasteiger charge is -2.16. The fourth-order valence-corrected chi connectivity index (χ4v) is 3.80. The van der Waals surface area contributed by atoms with Crippen LogP contribution in [-0.2, 0) is 0 Å². The number of hydrogen-bond donors (Lipinski definition) is 2. The predicted molar refractivity (Wildman–Crippen MR) is 84.0 cm³/mol. The van der Waals surface area contributed by atoms with Crippen LogP contribution in [0.2, 0.25) is 0 Å². The zero-order chi connectivity index (χ0) is 13.3. The molecule has 19 heavy (non-hydrogen) atoms. The molecular formula is C15H21NOS2. The van der Waals surface area contributed by atoms with Crippen LogP contribution in [0.4, 0.5) is 0 Å². The molecule has 0 aliphatic heterocycles. The Kier molecular flexibility index (Phi) is 6.57. The molecule has 104 valence electrons. The summed E-state index contributed by atoms with van der Waals surface area (Å²) >= 11 is 3.62. The maximum atomic E-state index is 8.75. The van der Waals surface area contributed by atoms with Crippen molar-refractivity contribution in [2.75, 3.05) is 13.2 Å². The molecule has 2 aromatic rings. The highest BCUT2D eigenvalue weighted by Crippen LogP contribution is 2.29. The normalized spacial score (nSPS) is 11.3. The van der Waals surface area contributed by atoms with Crippen LogP contribution >= 0.6 is 22.7 Å². The van der Waals surface area contributed by atoms with E-state index < -0.39 is 0 Å². The number of aliphatic hydroxyl groups is 1. The third-order valence-electron chi connectivity index (χ3n) is 3.09. The Morgan fingerprint density at radius 2 is 1.58 bits per heavy atom. The minimum absolute atomic E-state index is 0.320. The van der Waals surface area contributed by atoms with Crippen molar-refractivity contribution < 1.29 is 5.11 Å². The Hall–Kier alpha value is -0.680. The highest BCUT2D eigenvalue weighted by molar-refractivity contribution is 7.11. The second kappa shape index (κ2) is 8.48. The van der Waals surface area contributed by atoms with Gasteiger partial charge in [-0.05, 0) is 42.3 Å². The third kappa shape index (κ3) is 4.73. The van der Waals surface area contributed by atoms with Gasteiger partial charge in [0.25, 0.3) is 0 Å². The van der Waals surface area contributed by atoms with Gasteiger partial charge in [0.05, 0.1) is 6.04 Å². The summed E-state index contributed by atoms with van der Waals surface area (Å²) in [5.41, 5.74) is 0. The second-order valence-corrected chi connectivity index (χ2v) is 6.51. The van der Waals surface area contributed by atoms with Crippen molar-refractivity contribution in [3.05, 3.63) is 44.8 Å². The van der Waals surface area contributed by atoms with Crippen molar-refractivity contribution in [1.29, 1.82) is 0 Å². The molecular weight excluding hydrogens is 274 g/mol. The molecule has 2 aromatic heterocycles. The van der Waals surface area contributed by atoms with Crippen LogP contribution in [0.25, 0.3) is 0 Å². The molecule has 2 heterocycles. The number of unbranched alkanes of at least 4 members (excludes halogenated alkanes) is 3. The zero-order valence-electron chi connectivity index (χ0n) is 11.0. The molecule has 0 saturated carbocycles. The molecule has 4 heteroatoms. The van der Waals surface area contributed by atoms with Crippen LogP contribution in [-0.4, -0.2) is 18.3 Å². The van der Waals surface area contributed by atoms with Gasteiger partial charge in [-0.15, -0.1) is 22.7 Å². The lowest BCUT2D eigenvalue weighted by atomic mass is 10.1. The van der Waals surface area contributed by atoms with Gasteiger partial charge in [-0.25, -0.2) is 0 Å². The van der Waals surface area contributed by atoms with E-state index in [4.69, 9.17) is 5.11 Å². The summed E-state index contributed by atoms with van der Waals surface area (Å²) in [5, 5.41) is 16.7. The second-order valence-electron chi connectivity index (χ2n) is 4.56. The van der Waals surface area contributed by atoms with E-state index in [1.807, 2.05) is 22.7 Å². The predicted octanol–water partition coefficient (Wildman–Crippen LogP) is 4.04. The first-order valence-electron chi connectivity index (χ1n) is 6.83. The van der Waals surface area contributed by atoms with Gasteiger partial charge in [-0.1, -0.05) is 25.0 Å². The van der Waals surface area contributed by atoms with Gasteiger partial charge in [-0.2, -0.15) is 0 Å². The lowest BCUT2D eigenvalue weighted by molar-refractivity contribution is 0.282. The largest absolute Gasteiger partial charge is 0.396 e. The van der Waals surface area contributed by atoms with Gasteiger partial charge >= 0.3 is 0 Å². The Morgan fingerprint density at radius 1 is 0.947 bits per heavy atom. The summed E-state index contributed by atoms with van der Waals surface area (Å²) < 4.78 is 0. The molecule has 0 unspecified atom stereocenters. The monoisotopic (exact) mass is 295 g/mol. The minimum atomic E-state index is 0.320. The molecule has 0 radical (unpaired) electrons. The first kappa shape index (κ1) is 14.7. The SMILES string of the molecule is OCCCCCCNC(c1cccs1)c1cccs1. The zero-order valence-corrected chi connectivity index (χ0v) is 12.7. The molecule has 0 aliphatic carbocycles. The Morgan fingerprint density at radius 3 is 2.11 bits per heavy atom. The van der Waals surface area contributed by atoms with E-state index in [1.165, 1.54) is 22.6 Å². The molecule has 0 spiro atoms. The van der Waals surface area contributed by atoms with Gasteiger partial charge in [0, 0.05) is 16.4 Å². The van der Waals surface area contributed by atoms with Gasteiger partial charge in [-0.3, -0.25) is 0 Å². The maximum Gasteiger partial charge on any atom is 0.0764 e. The fraction of sp³-hybridized carbons (Fsp3) is 0.467. The lowest BCUT2D eigenvalue weighted by Crippen LogP contribution is -2.22. The van der Waals surface area contributed by atoms with Crippen molar-refractivity contribution in [1.82, 2.24) is 5.32 Å². The van der Waals surface area contributed by atoms with E-state index in [0.29, 0.717) is 12.6 Å². The quantitative estimate of drug-likeness (QED) is 0.684.